The van der Waals surface area contributed by atoms with E-state index in [4.69, 9.17) is 51.7 Å². The molecule has 2 aromatic rings. The largest absolute Gasteiger partial charge is 0.258 e. The minimum atomic E-state index is 0.146. The topological polar surface area (TPSA) is 36.7 Å². The molecule has 19 heavy (non-hydrogen) atoms. The Bertz CT molecular complexity index is 677. The van der Waals surface area contributed by atoms with E-state index in [0.29, 0.717) is 36.9 Å². The monoisotopic (exact) mass is 330 g/mol. The number of benzene rings is 1. The second kappa shape index (κ2) is 5.98. The van der Waals surface area contributed by atoms with Crippen LogP contribution in [0.2, 0.25) is 20.1 Å². The summed E-state index contributed by atoms with van der Waals surface area (Å²) in [6.45, 7) is 0. The molecule has 96 valence electrons. The van der Waals surface area contributed by atoms with Crippen LogP contribution in [0.1, 0.15) is 5.69 Å². The van der Waals surface area contributed by atoms with Crippen molar-refractivity contribution < 1.29 is 0 Å². The Morgan fingerprint density at radius 2 is 1.68 bits per heavy atom. The van der Waals surface area contributed by atoms with Crippen LogP contribution in [0.3, 0.4) is 0 Å². The smallest absolute Gasteiger partial charge is 0.0781 e. The van der Waals surface area contributed by atoms with E-state index >= 15 is 0 Å². The van der Waals surface area contributed by atoms with Crippen LogP contribution in [-0.2, 0) is 6.42 Å². The third kappa shape index (κ3) is 3.13. The number of aromatic nitrogens is 1. The fourth-order valence-electron chi connectivity index (χ4n) is 1.67. The molecule has 0 atom stereocenters. The number of nitriles is 1. The fraction of sp³-hybridized carbons (Fsp3) is 0.0769. The van der Waals surface area contributed by atoms with E-state index < -0.39 is 0 Å². The molecular formula is C13H6Cl4N2. The first-order valence-electron chi connectivity index (χ1n) is 5.19. The average Bonchev–Trinajstić information content (AvgIpc) is 2.36. The predicted molar refractivity (Wildman–Crippen MR) is 79.0 cm³/mol. The van der Waals surface area contributed by atoms with Crippen molar-refractivity contribution in [2.75, 3.05) is 0 Å². The van der Waals surface area contributed by atoms with Gasteiger partial charge in [-0.15, -0.1) is 0 Å². The average molecular weight is 332 g/mol. The summed E-state index contributed by atoms with van der Waals surface area (Å²) >= 11 is 24.1. The molecule has 0 aliphatic heterocycles. The van der Waals surface area contributed by atoms with Gasteiger partial charge < -0.3 is 0 Å². The summed E-state index contributed by atoms with van der Waals surface area (Å²) in [6.07, 6.45) is 1.63. The van der Waals surface area contributed by atoms with Crippen LogP contribution >= 0.6 is 46.4 Å². The standard InChI is InChI=1S/C13H6Cl4N2/c14-7-3-10(13(17)11(16)5-7)9-4-8(15)6-19-12(9)1-2-18/h3-6H,1H2. The van der Waals surface area contributed by atoms with Gasteiger partial charge in [0.1, 0.15) is 0 Å². The normalized spacial score (nSPS) is 10.3. The Kier molecular flexibility index (Phi) is 4.54. The van der Waals surface area contributed by atoms with Gasteiger partial charge in [0.05, 0.1) is 33.3 Å². The first kappa shape index (κ1) is 14.4. The van der Waals surface area contributed by atoms with Crippen LogP contribution in [0.25, 0.3) is 11.1 Å². The molecule has 0 aliphatic rings. The van der Waals surface area contributed by atoms with Crippen LogP contribution < -0.4 is 0 Å². The van der Waals surface area contributed by atoms with Gasteiger partial charge in [-0.1, -0.05) is 46.4 Å². The van der Waals surface area contributed by atoms with Gasteiger partial charge in [-0.2, -0.15) is 5.26 Å². The van der Waals surface area contributed by atoms with Crippen molar-refractivity contribution in [2.24, 2.45) is 0 Å². The molecule has 0 spiro atoms. The van der Waals surface area contributed by atoms with E-state index in [1.807, 2.05) is 6.07 Å². The van der Waals surface area contributed by atoms with Crippen LogP contribution in [0, 0.1) is 11.3 Å². The van der Waals surface area contributed by atoms with Gasteiger partial charge in [-0.25, -0.2) is 0 Å². The molecule has 1 aromatic carbocycles. The van der Waals surface area contributed by atoms with Crippen LogP contribution in [0.5, 0.6) is 0 Å². The fourth-order valence-corrected chi connectivity index (χ4v) is 2.53. The Labute approximate surface area is 130 Å². The molecule has 6 heteroatoms. The highest BCUT2D eigenvalue weighted by Gasteiger charge is 2.14. The Hall–Kier alpha value is -0.980. The molecule has 0 radical (unpaired) electrons. The summed E-state index contributed by atoms with van der Waals surface area (Å²) < 4.78 is 0. The second-order valence-electron chi connectivity index (χ2n) is 3.73. The lowest BCUT2D eigenvalue weighted by Gasteiger charge is -2.10. The minimum Gasteiger partial charge on any atom is -0.258 e. The van der Waals surface area contributed by atoms with Crippen LogP contribution in [0.15, 0.2) is 24.4 Å². The summed E-state index contributed by atoms with van der Waals surface area (Å²) in [5, 5.41) is 10.4. The lowest BCUT2D eigenvalue weighted by atomic mass is 10.0. The maximum atomic E-state index is 8.83. The van der Waals surface area contributed by atoms with Crippen molar-refractivity contribution in [2.45, 2.75) is 6.42 Å². The van der Waals surface area contributed by atoms with Gasteiger partial charge in [-0.3, -0.25) is 4.98 Å². The van der Waals surface area contributed by atoms with E-state index in [2.05, 4.69) is 4.98 Å². The number of rotatable bonds is 2. The van der Waals surface area contributed by atoms with Gasteiger partial charge in [0, 0.05) is 22.3 Å². The van der Waals surface area contributed by atoms with Crippen LogP contribution in [-0.4, -0.2) is 4.98 Å². The number of halogens is 4. The zero-order chi connectivity index (χ0) is 14.0. The van der Waals surface area contributed by atoms with E-state index in [1.165, 1.54) is 6.20 Å². The highest BCUT2D eigenvalue weighted by Crippen LogP contribution is 2.38. The molecule has 2 nitrogen and oxygen atoms in total. The first-order chi connectivity index (χ1) is 9.02. The van der Waals surface area contributed by atoms with E-state index in [1.54, 1.807) is 18.2 Å². The quantitative estimate of drug-likeness (QED) is 0.688. The van der Waals surface area contributed by atoms with Gasteiger partial charge in [0.15, 0.2) is 0 Å². The number of hydrogen-bond acceptors (Lipinski definition) is 2. The van der Waals surface area contributed by atoms with Crippen molar-refractivity contribution in [3.05, 3.63) is 50.2 Å². The number of nitrogens with zero attached hydrogens (tertiary/aromatic N) is 2. The van der Waals surface area contributed by atoms with Gasteiger partial charge in [-0.05, 0) is 18.2 Å². The molecular weight excluding hydrogens is 326 g/mol. The molecule has 0 fully saturated rings. The maximum absolute atomic E-state index is 8.83. The Balaban J connectivity index is 2.71. The molecule has 0 bridgehead atoms. The van der Waals surface area contributed by atoms with Gasteiger partial charge >= 0.3 is 0 Å². The molecule has 0 unspecified atom stereocenters. The molecule has 0 saturated carbocycles. The first-order valence-corrected chi connectivity index (χ1v) is 6.70. The molecule has 2 rings (SSSR count). The molecule has 1 heterocycles. The number of hydrogen-bond donors (Lipinski definition) is 0. The zero-order valence-electron chi connectivity index (χ0n) is 9.42. The molecule has 0 N–H and O–H groups in total. The predicted octanol–water partition coefficient (Wildman–Crippen LogP) is 5.43. The Morgan fingerprint density at radius 3 is 2.37 bits per heavy atom. The van der Waals surface area contributed by atoms with Crippen molar-refractivity contribution in [1.29, 1.82) is 5.26 Å². The van der Waals surface area contributed by atoms with Crippen molar-refractivity contribution in [3.8, 4) is 17.2 Å². The van der Waals surface area contributed by atoms with Gasteiger partial charge in [0.25, 0.3) is 0 Å². The Morgan fingerprint density at radius 1 is 1.00 bits per heavy atom. The SMILES string of the molecule is N#CCc1ncc(Cl)cc1-c1cc(Cl)cc(Cl)c1Cl. The van der Waals surface area contributed by atoms with E-state index in [-0.39, 0.29) is 6.42 Å². The third-order valence-corrected chi connectivity index (χ3v) is 3.69. The summed E-state index contributed by atoms with van der Waals surface area (Å²) in [5.74, 6) is 0. The number of pyridine rings is 1. The molecule has 0 aliphatic carbocycles. The summed E-state index contributed by atoms with van der Waals surface area (Å²) in [4.78, 5) is 4.15. The van der Waals surface area contributed by atoms with Crippen molar-refractivity contribution in [3.63, 3.8) is 0 Å². The van der Waals surface area contributed by atoms with E-state index in [9.17, 15) is 0 Å². The highest BCUT2D eigenvalue weighted by atomic mass is 35.5. The summed E-state index contributed by atoms with van der Waals surface area (Å²) in [6, 6.07) is 6.96. The minimum absolute atomic E-state index is 0.146. The van der Waals surface area contributed by atoms with E-state index in [0.717, 1.165) is 0 Å². The lowest BCUT2D eigenvalue weighted by molar-refractivity contribution is 1.12. The highest BCUT2D eigenvalue weighted by molar-refractivity contribution is 6.45. The zero-order valence-corrected chi connectivity index (χ0v) is 12.4. The maximum Gasteiger partial charge on any atom is 0.0781 e. The third-order valence-electron chi connectivity index (χ3n) is 2.47. The summed E-state index contributed by atoms with van der Waals surface area (Å²) in [7, 11) is 0. The van der Waals surface area contributed by atoms with Crippen LogP contribution in [0.4, 0.5) is 0 Å². The molecule has 0 amide bonds. The summed E-state index contributed by atoms with van der Waals surface area (Å²) in [5.41, 5.74) is 1.84. The molecule has 0 saturated heterocycles. The lowest BCUT2D eigenvalue weighted by Crippen LogP contribution is -1.94. The van der Waals surface area contributed by atoms with Gasteiger partial charge in [0.2, 0.25) is 0 Å². The van der Waals surface area contributed by atoms with Crippen molar-refractivity contribution >= 4 is 46.4 Å². The van der Waals surface area contributed by atoms with Crippen molar-refractivity contribution in [1.82, 2.24) is 4.98 Å². The molecule has 1 aromatic heterocycles. The second-order valence-corrected chi connectivity index (χ2v) is 5.39.